The first-order chi connectivity index (χ1) is 29.4. The van der Waals surface area contributed by atoms with Crippen LogP contribution in [0.25, 0.3) is 0 Å². The van der Waals surface area contributed by atoms with Gasteiger partial charge in [0.05, 0.1) is 38.5 Å². The van der Waals surface area contributed by atoms with Gasteiger partial charge in [-0.05, 0) is 37.1 Å². The van der Waals surface area contributed by atoms with E-state index in [1.165, 1.54) is 74.9 Å². The third kappa shape index (κ3) is 15.4. The van der Waals surface area contributed by atoms with Crippen LogP contribution in [0.3, 0.4) is 0 Å². The number of hydrogen-bond donors (Lipinski definition) is 10. The molecule has 10 atom stereocenters. The predicted molar refractivity (Wildman–Crippen MR) is 229 cm³/mol. The molecule has 0 radical (unpaired) electrons. The lowest BCUT2D eigenvalue weighted by Gasteiger charge is -2.46. The van der Waals surface area contributed by atoms with Crippen molar-refractivity contribution in [2.75, 3.05) is 26.4 Å². The molecule has 2 heterocycles. The summed E-state index contributed by atoms with van der Waals surface area (Å²) in [6.07, 6.45) is 6.00. The Morgan fingerprint density at radius 2 is 0.918 bits per heavy atom. The van der Waals surface area contributed by atoms with Gasteiger partial charge < -0.3 is 70.4 Å². The molecule has 10 N–H and O–H groups in total. The lowest BCUT2D eigenvalue weighted by atomic mass is 9.96. The monoisotopic (exact) mass is 880 g/mol. The zero-order valence-electron chi connectivity index (χ0n) is 35.4. The number of aromatic hydroxyl groups is 2. The summed E-state index contributed by atoms with van der Waals surface area (Å²) < 4.78 is 23.2. The maximum atomic E-state index is 13.5. The van der Waals surface area contributed by atoms with Crippen LogP contribution in [0.1, 0.15) is 124 Å². The number of carbonyl (C=O) groups excluding carboxylic acids is 2. The number of nitrogens with one attached hydrogen (secondary N) is 2. The highest BCUT2D eigenvalue weighted by atomic mass is 32.2. The largest absolute Gasteiger partial charge is 0.508 e. The molecular formula is C44H68N2O14S. The highest BCUT2D eigenvalue weighted by Gasteiger charge is 2.51. The number of carbonyl (C=O) groups is 2. The van der Waals surface area contributed by atoms with Crippen LogP contribution in [0, 0.1) is 0 Å². The van der Waals surface area contributed by atoms with Gasteiger partial charge in [-0.25, -0.2) is 0 Å². The van der Waals surface area contributed by atoms with Crippen molar-refractivity contribution < 1.29 is 69.4 Å². The molecule has 4 rings (SSSR count). The number of aliphatic hydroxyl groups is 6. The fourth-order valence-electron chi connectivity index (χ4n) is 7.44. The predicted octanol–water partition coefficient (Wildman–Crippen LogP) is 3.86. The fourth-order valence-corrected chi connectivity index (χ4v) is 8.77. The molecule has 2 amide bonds. The molecule has 2 fully saturated rings. The van der Waals surface area contributed by atoms with E-state index in [0.717, 1.165) is 51.4 Å². The number of aliphatic hydroxyl groups excluding tert-OH is 6. The number of amides is 2. The van der Waals surface area contributed by atoms with E-state index in [2.05, 4.69) is 24.5 Å². The molecule has 61 heavy (non-hydrogen) atoms. The first-order valence-corrected chi connectivity index (χ1v) is 22.8. The quantitative estimate of drug-likeness (QED) is 0.0602. The van der Waals surface area contributed by atoms with E-state index in [4.69, 9.17) is 18.9 Å². The number of thioether (sulfide) groups is 1. The lowest BCUT2D eigenvalue weighted by molar-refractivity contribution is -0.175. The number of rotatable bonds is 26. The minimum atomic E-state index is -1.67. The first kappa shape index (κ1) is 50.3. The Labute approximate surface area is 363 Å². The van der Waals surface area contributed by atoms with Gasteiger partial charge in [-0.15, -0.1) is 0 Å². The molecule has 0 aliphatic carbocycles. The second-order valence-corrected chi connectivity index (χ2v) is 17.1. The number of phenols is 2. The molecule has 0 saturated carbocycles. The van der Waals surface area contributed by atoms with Gasteiger partial charge in [-0.3, -0.25) is 9.59 Å². The zero-order valence-corrected chi connectivity index (χ0v) is 36.2. The van der Waals surface area contributed by atoms with E-state index in [0.29, 0.717) is 25.0 Å². The minimum Gasteiger partial charge on any atom is -0.508 e. The van der Waals surface area contributed by atoms with E-state index in [9.17, 15) is 50.4 Å². The van der Waals surface area contributed by atoms with E-state index >= 15 is 0 Å². The average Bonchev–Trinajstić information content (AvgIpc) is 3.24. The van der Waals surface area contributed by atoms with E-state index in [1.54, 1.807) is 0 Å². The highest BCUT2D eigenvalue weighted by molar-refractivity contribution is 8.00. The van der Waals surface area contributed by atoms with Gasteiger partial charge in [-0.1, -0.05) is 103 Å². The van der Waals surface area contributed by atoms with Crippen LogP contribution < -0.4 is 20.1 Å². The molecule has 2 aliphatic rings. The number of unbranched alkanes of at least 4 members (excludes halogenated alkanes) is 12. The number of phenolic OH excluding ortho intramolecular Hbond substituents is 2. The molecule has 17 heteroatoms. The standard InChI is InChI=1S/C44H68N2O14S/c1-3-5-7-9-11-13-15-17-57-31-21-27(19-29(49)23-31)41(55)45-35-37(51)33(25-47)59-43(39(35)53)61-44-40(54)36(38(52)34(26-48)60-44)46-42(56)28-20-30(50)24-32(22-28)58-18-16-14-12-10-8-6-4-2/h19-24,33-40,43-44,47-54H,3-18,25-26H2,1-2H3,(H,45,55)(H,46,56)/t33-,34-,35-,36-,37+,38+,39-,40-,43+,44+/m1/s1. The third-order valence-electron chi connectivity index (χ3n) is 11.0. The van der Waals surface area contributed by atoms with Crippen molar-refractivity contribution in [3.05, 3.63) is 47.5 Å². The summed E-state index contributed by atoms with van der Waals surface area (Å²) in [6.45, 7) is 3.65. The van der Waals surface area contributed by atoms with E-state index in [-0.39, 0.29) is 34.1 Å². The molecule has 344 valence electrons. The molecule has 2 saturated heterocycles. The van der Waals surface area contributed by atoms with Crippen molar-refractivity contribution in [2.45, 2.75) is 163 Å². The Hall–Kier alpha value is -3.39. The summed E-state index contributed by atoms with van der Waals surface area (Å²) in [7, 11) is 0. The summed E-state index contributed by atoms with van der Waals surface area (Å²) in [5.41, 5.74) is -2.78. The summed E-state index contributed by atoms with van der Waals surface area (Å²) >= 11 is 0.688. The summed E-state index contributed by atoms with van der Waals surface area (Å²) in [4.78, 5) is 27.0. The summed E-state index contributed by atoms with van der Waals surface area (Å²) in [6, 6.07) is 5.14. The van der Waals surface area contributed by atoms with Gasteiger partial charge in [-0.2, -0.15) is 0 Å². The van der Waals surface area contributed by atoms with Gasteiger partial charge >= 0.3 is 0 Å². The van der Waals surface area contributed by atoms with Crippen molar-refractivity contribution in [1.29, 1.82) is 0 Å². The number of benzene rings is 2. The third-order valence-corrected chi connectivity index (χ3v) is 12.3. The Morgan fingerprint density at radius 3 is 1.28 bits per heavy atom. The Bertz CT molecular complexity index is 1510. The van der Waals surface area contributed by atoms with E-state index < -0.39 is 84.6 Å². The topological polar surface area (TPSA) is 257 Å². The van der Waals surface area contributed by atoms with Gasteiger partial charge in [0.15, 0.2) is 0 Å². The Morgan fingerprint density at radius 1 is 0.557 bits per heavy atom. The first-order valence-electron chi connectivity index (χ1n) is 21.9. The van der Waals surface area contributed by atoms with Gasteiger partial charge in [0.1, 0.15) is 70.5 Å². The molecule has 0 aromatic heterocycles. The number of ether oxygens (including phenoxy) is 4. The SMILES string of the molecule is CCCCCCCCCOc1cc(O)cc(C(=O)N[C@@H]2[C@@H](O)[C@@H](CO)O[C@@H](S[C@@H]3O[C@H](CO)[C@H](O)[C@@H](NC(=O)c4cc(O)cc(OCCCCCCCCC)c4)[C@H]3O)[C@@H]2O)c1. The Balaban J connectivity index is 1.39. The van der Waals surface area contributed by atoms with Crippen LogP contribution in [0.15, 0.2) is 36.4 Å². The summed E-state index contributed by atoms with van der Waals surface area (Å²) in [5.74, 6) is -1.51. The van der Waals surface area contributed by atoms with Crippen molar-refractivity contribution >= 4 is 23.6 Å². The molecule has 2 aromatic rings. The molecule has 2 aromatic carbocycles. The van der Waals surface area contributed by atoms with Crippen LogP contribution in [0.2, 0.25) is 0 Å². The van der Waals surface area contributed by atoms with Gasteiger partial charge in [0.2, 0.25) is 0 Å². The molecular weight excluding hydrogens is 813 g/mol. The molecule has 0 spiro atoms. The van der Waals surface area contributed by atoms with Crippen LogP contribution >= 0.6 is 11.8 Å². The second-order valence-electron chi connectivity index (χ2n) is 15.9. The smallest absolute Gasteiger partial charge is 0.251 e. The van der Waals surface area contributed by atoms with Crippen LogP contribution in [-0.2, 0) is 9.47 Å². The molecule has 2 aliphatic heterocycles. The lowest BCUT2D eigenvalue weighted by Crippen LogP contribution is -2.66. The van der Waals surface area contributed by atoms with Crippen LogP contribution in [0.5, 0.6) is 23.0 Å². The average molecular weight is 881 g/mol. The molecule has 0 bridgehead atoms. The molecule has 16 nitrogen and oxygen atoms in total. The van der Waals surface area contributed by atoms with Crippen LogP contribution in [0.4, 0.5) is 0 Å². The van der Waals surface area contributed by atoms with Crippen LogP contribution in [-0.4, -0.2) is 139 Å². The van der Waals surface area contributed by atoms with Crippen molar-refractivity contribution in [2.24, 2.45) is 0 Å². The number of hydrogen-bond acceptors (Lipinski definition) is 15. The normalized spacial score (nSPS) is 26.4. The molecule has 0 unspecified atom stereocenters. The maximum absolute atomic E-state index is 13.5. The second kappa shape index (κ2) is 26.3. The van der Waals surface area contributed by atoms with Crippen molar-refractivity contribution in [3.8, 4) is 23.0 Å². The maximum Gasteiger partial charge on any atom is 0.251 e. The zero-order chi connectivity index (χ0) is 44.3. The van der Waals surface area contributed by atoms with Gasteiger partial charge in [0, 0.05) is 23.3 Å². The van der Waals surface area contributed by atoms with Gasteiger partial charge in [0.25, 0.3) is 11.8 Å². The van der Waals surface area contributed by atoms with E-state index in [1.807, 2.05) is 0 Å². The fraction of sp³-hybridized carbons (Fsp3) is 0.682. The highest BCUT2D eigenvalue weighted by Crippen LogP contribution is 2.37. The van der Waals surface area contributed by atoms with Crippen molar-refractivity contribution in [1.82, 2.24) is 10.6 Å². The van der Waals surface area contributed by atoms with Crippen molar-refractivity contribution in [3.63, 3.8) is 0 Å². The Kier molecular flexibility index (Phi) is 21.7. The minimum absolute atomic E-state index is 0.0202. The summed E-state index contributed by atoms with van der Waals surface area (Å²) in [5, 5.41) is 91.1.